The molecule has 1 aliphatic rings. The van der Waals surface area contributed by atoms with Crippen LogP contribution in [0.1, 0.15) is 38.3 Å². The number of nitrogens with one attached hydrogen (secondary N) is 1. The summed E-state index contributed by atoms with van der Waals surface area (Å²) in [5, 5.41) is 5.42. The average molecular weight is 267 g/mol. The molecule has 100 valence electrons. The maximum atomic E-state index is 12.6. The first kappa shape index (κ1) is 13.5. The Labute approximate surface area is 112 Å². The molecule has 18 heavy (non-hydrogen) atoms. The van der Waals surface area contributed by atoms with Gasteiger partial charge in [0.1, 0.15) is 0 Å². The number of amides is 1. The lowest BCUT2D eigenvalue weighted by atomic mass is 9.90. The van der Waals surface area contributed by atoms with Crippen molar-refractivity contribution >= 4 is 17.2 Å². The molecule has 1 atom stereocenters. The highest BCUT2D eigenvalue weighted by Gasteiger charge is 2.41. The molecule has 1 amide bonds. The van der Waals surface area contributed by atoms with Crippen LogP contribution in [0.2, 0.25) is 0 Å². The Balaban J connectivity index is 2.04. The maximum absolute atomic E-state index is 12.6. The second-order valence-corrected chi connectivity index (χ2v) is 5.72. The Morgan fingerprint density at radius 2 is 2.50 bits per heavy atom. The van der Waals surface area contributed by atoms with Crippen LogP contribution in [-0.2, 0) is 11.3 Å². The van der Waals surface area contributed by atoms with E-state index in [9.17, 15) is 4.79 Å². The summed E-state index contributed by atoms with van der Waals surface area (Å²) in [4.78, 5) is 18.7. The summed E-state index contributed by atoms with van der Waals surface area (Å²) >= 11 is 1.57. The van der Waals surface area contributed by atoms with E-state index in [2.05, 4.69) is 17.2 Å². The number of hydrogen-bond acceptors (Lipinski definition) is 4. The summed E-state index contributed by atoms with van der Waals surface area (Å²) in [6.45, 7) is 3.70. The molecule has 0 radical (unpaired) electrons. The molecule has 1 aromatic heterocycles. The average Bonchev–Trinajstić information content (AvgIpc) is 3.00. The molecule has 1 unspecified atom stereocenters. The third kappa shape index (κ3) is 2.72. The van der Waals surface area contributed by atoms with Crippen molar-refractivity contribution in [1.82, 2.24) is 15.2 Å². The van der Waals surface area contributed by atoms with Crippen molar-refractivity contribution in [2.24, 2.45) is 0 Å². The SMILES string of the molecule is CCCC1(C(=O)N(C)Cc2cscn2)CCCN1. The van der Waals surface area contributed by atoms with E-state index < -0.39 is 0 Å². The molecule has 1 aliphatic heterocycles. The molecule has 1 fully saturated rings. The molecule has 2 heterocycles. The Hall–Kier alpha value is -0.940. The predicted molar refractivity (Wildman–Crippen MR) is 73.5 cm³/mol. The molecular weight excluding hydrogens is 246 g/mol. The van der Waals surface area contributed by atoms with Crippen molar-refractivity contribution in [3.63, 3.8) is 0 Å². The number of hydrogen-bond donors (Lipinski definition) is 1. The largest absolute Gasteiger partial charge is 0.338 e. The highest BCUT2D eigenvalue weighted by atomic mass is 32.1. The fourth-order valence-electron chi connectivity index (χ4n) is 2.73. The van der Waals surface area contributed by atoms with Gasteiger partial charge in [0.05, 0.1) is 23.3 Å². The van der Waals surface area contributed by atoms with Gasteiger partial charge in [-0.05, 0) is 25.8 Å². The first-order chi connectivity index (χ1) is 8.68. The molecule has 0 aromatic carbocycles. The molecule has 5 heteroatoms. The molecule has 1 aromatic rings. The summed E-state index contributed by atoms with van der Waals surface area (Å²) in [6.07, 6.45) is 4.01. The molecule has 4 nitrogen and oxygen atoms in total. The summed E-state index contributed by atoms with van der Waals surface area (Å²) in [6, 6.07) is 0. The first-order valence-electron chi connectivity index (χ1n) is 6.55. The monoisotopic (exact) mass is 267 g/mol. The van der Waals surface area contributed by atoms with Gasteiger partial charge in [0.15, 0.2) is 0 Å². The quantitative estimate of drug-likeness (QED) is 0.888. The van der Waals surface area contributed by atoms with Crippen LogP contribution in [0.3, 0.4) is 0 Å². The zero-order valence-electron chi connectivity index (χ0n) is 11.1. The summed E-state index contributed by atoms with van der Waals surface area (Å²) in [7, 11) is 1.87. The molecule has 0 spiro atoms. The van der Waals surface area contributed by atoms with Gasteiger partial charge < -0.3 is 10.2 Å². The van der Waals surface area contributed by atoms with Gasteiger partial charge >= 0.3 is 0 Å². The third-order valence-corrected chi connectivity index (χ3v) is 4.19. The van der Waals surface area contributed by atoms with Crippen LogP contribution in [0, 0.1) is 0 Å². The van der Waals surface area contributed by atoms with Gasteiger partial charge in [-0.2, -0.15) is 0 Å². The Kier molecular flexibility index (Phi) is 4.35. The molecule has 2 rings (SSSR count). The second kappa shape index (κ2) is 5.80. The highest BCUT2D eigenvalue weighted by Crippen LogP contribution is 2.27. The van der Waals surface area contributed by atoms with Crippen LogP contribution < -0.4 is 5.32 Å². The number of rotatable bonds is 5. The lowest BCUT2D eigenvalue weighted by molar-refractivity contribution is -0.137. The smallest absolute Gasteiger partial charge is 0.242 e. The van der Waals surface area contributed by atoms with Crippen LogP contribution in [0.25, 0.3) is 0 Å². The van der Waals surface area contributed by atoms with E-state index in [1.165, 1.54) is 0 Å². The van der Waals surface area contributed by atoms with Gasteiger partial charge in [0.25, 0.3) is 0 Å². The first-order valence-corrected chi connectivity index (χ1v) is 7.50. The normalized spacial score (nSPS) is 23.2. The van der Waals surface area contributed by atoms with E-state index in [1.807, 2.05) is 22.8 Å². The molecule has 0 aliphatic carbocycles. The van der Waals surface area contributed by atoms with E-state index in [0.29, 0.717) is 6.54 Å². The fraction of sp³-hybridized carbons (Fsp3) is 0.692. The van der Waals surface area contributed by atoms with Crippen molar-refractivity contribution in [2.45, 2.75) is 44.7 Å². The zero-order chi connectivity index (χ0) is 13.0. The molecule has 1 saturated heterocycles. The Morgan fingerprint density at radius 3 is 3.06 bits per heavy atom. The van der Waals surface area contributed by atoms with Crippen molar-refractivity contribution < 1.29 is 4.79 Å². The van der Waals surface area contributed by atoms with E-state index in [0.717, 1.165) is 37.9 Å². The van der Waals surface area contributed by atoms with E-state index in [-0.39, 0.29) is 11.4 Å². The van der Waals surface area contributed by atoms with E-state index in [4.69, 9.17) is 0 Å². The summed E-state index contributed by atoms with van der Waals surface area (Å²) in [5.74, 6) is 0.217. The summed E-state index contributed by atoms with van der Waals surface area (Å²) < 4.78 is 0. The van der Waals surface area contributed by atoms with Crippen molar-refractivity contribution in [1.29, 1.82) is 0 Å². The van der Waals surface area contributed by atoms with Crippen LogP contribution in [0.15, 0.2) is 10.9 Å². The molecule has 0 bridgehead atoms. The highest BCUT2D eigenvalue weighted by molar-refractivity contribution is 7.07. The van der Waals surface area contributed by atoms with Crippen molar-refractivity contribution in [3.05, 3.63) is 16.6 Å². The maximum Gasteiger partial charge on any atom is 0.242 e. The number of aromatic nitrogens is 1. The number of likely N-dealkylation sites (N-methyl/N-ethyl adjacent to an activating group) is 1. The molecular formula is C13H21N3OS. The number of carbonyl (C=O) groups excluding carboxylic acids is 1. The Bertz CT molecular complexity index is 385. The predicted octanol–water partition coefficient (Wildman–Crippen LogP) is 2.02. The van der Waals surface area contributed by atoms with Crippen molar-refractivity contribution in [2.75, 3.05) is 13.6 Å². The standard InChI is InChI=1S/C13H21N3OS/c1-3-5-13(6-4-7-15-13)12(17)16(2)8-11-9-18-10-14-11/h9-10,15H,3-8H2,1-2H3. The lowest BCUT2D eigenvalue weighted by Gasteiger charge is -2.32. The topological polar surface area (TPSA) is 45.2 Å². The zero-order valence-corrected chi connectivity index (χ0v) is 11.9. The van der Waals surface area contributed by atoms with Crippen LogP contribution in [0.5, 0.6) is 0 Å². The molecule has 1 N–H and O–H groups in total. The van der Waals surface area contributed by atoms with Gasteiger partial charge in [0.2, 0.25) is 5.91 Å². The van der Waals surface area contributed by atoms with Crippen molar-refractivity contribution in [3.8, 4) is 0 Å². The number of carbonyl (C=O) groups is 1. The number of thiazole rings is 1. The number of nitrogens with zero attached hydrogens (tertiary/aromatic N) is 2. The van der Waals surface area contributed by atoms with Gasteiger partial charge in [-0.25, -0.2) is 4.98 Å². The van der Waals surface area contributed by atoms with Crippen LogP contribution >= 0.6 is 11.3 Å². The van der Waals surface area contributed by atoms with Gasteiger partial charge in [-0.1, -0.05) is 13.3 Å². The third-order valence-electron chi connectivity index (χ3n) is 3.56. The van der Waals surface area contributed by atoms with Crippen LogP contribution in [-0.4, -0.2) is 34.9 Å². The van der Waals surface area contributed by atoms with E-state index >= 15 is 0 Å². The molecule has 0 saturated carbocycles. The van der Waals surface area contributed by atoms with E-state index in [1.54, 1.807) is 11.3 Å². The minimum atomic E-state index is -0.320. The van der Waals surface area contributed by atoms with Gasteiger partial charge in [-0.15, -0.1) is 11.3 Å². The summed E-state index contributed by atoms with van der Waals surface area (Å²) in [5.41, 5.74) is 2.46. The van der Waals surface area contributed by atoms with Gasteiger partial charge in [0, 0.05) is 12.4 Å². The minimum absolute atomic E-state index is 0.217. The van der Waals surface area contributed by atoms with Crippen LogP contribution in [0.4, 0.5) is 0 Å². The minimum Gasteiger partial charge on any atom is -0.338 e. The lowest BCUT2D eigenvalue weighted by Crippen LogP contribution is -2.53. The Morgan fingerprint density at radius 1 is 1.67 bits per heavy atom. The van der Waals surface area contributed by atoms with Gasteiger partial charge in [-0.3, -0.25) is 4.79 Å². The second-order valence-electron chi connectivity index (χ2n) is 5.00. The fourth-order valence-corrected chi connectivity index (χ4v) is 3.28.